The van der Waals surface area contributed by atoms with Crippen molar-refractivity contribution in [3.8, 4) is 0 Å². The number of thiol groups is 1. The minimum Gasteiger partial charge on any atom is -0.333 e. The van der Waals surface area contributed by atoms with Gasteiger partial charge < -0.3 is 4.74 Å². The van der Waals surface area contributed by atoms with Crippen molar-refractivity contribution >= 4 is 12.6 Å². The number of ether oxygens (including phenoxy) is 1. The fourth-order valence-corrected chi connectivity index (χ4v) is 2.76. The Morgan fingerprint density at radius 1 is 1.07 bits per heavy atom. The fraction of sp³-hybridized carbons (Fsp3) is 1.00. The van der Waals surface area contributed by atoms with Crippen LogP contribution in [0.15, 0.2) is 0 Å². The van der Waals surface area contributed by atoms with E-state index >= 15 is 0 Å². The van der Waals surface area contributed by atoms with Crippen LogP contribution in [0.25, 0.3) is 0 Å². The average molecular weight is 216 g/mol. The van der Waals surface area contributed by atoms with Gasteiger partial charge in [0.25, 0.3) is 0 Å². The van der Waals surface area contributed by atoms with Gasteiger partial charge in [0.05, 0.1) is 0 Å². The van der Waals surface area contributed by atoms with Crippen LogP contribution in [0.4, 0.5) is 0 Å². The first-order valence-electron chi connectivity index (χ1n) is 5.49. The Hall–Kier alpha value is 0.230. The van der Waals surface area contributed by atoms with Crippen LogP contribution in [0.3, 0.4) is 0 Å². The van der Waals surface area contributed by atoms with Gasteiger partial charge in [0.1, 0.15) is 6.23 Å². The smallest absolute Gasteiger partial charge is 0.170 e. The van der Waals surface area contributed by atoms with E-state index in [-0.39, 0.29) is 11.8 Å². The second-order valence-electron chi connectivity index (χ2n) is 4.40. The molecule has 0 bridgehead atoms. The molecule has 1 heterocycles. The van der Waals surface area contributed by atoms with E-state index in [4.69, 9.17) is 4.74 Å². The van der Waals surface area contributed by atoms with Crippen molar-refractivity contribution in [1.29, 1.82) is 0 Å². The standard InChI is InChI=1S/C10H20N2OS/c1-11-9(13-10(14)12(11)2)8-6-4-3-5-7-8/h8-10,14H,3-7H2,1-2H3. The van der Waals surface area contributed by atoms with Crippen molar-refractivity contribution in [3.63, 3.8) is 0 Å². The summed E-state index contributed by atoms with van der Waals surface area (Å²) in [7, 11) is 4.12. The van der Waals surface area contributed by atoms with E-state index in [1.807, 2.05) is 7.05 Å². The van der Waals surface area contributed by atoms with E-state index in [0.717, 1.165) is 0 Å². The lowest BCUT2D eigenvalue weighted by Crippen LogP contribution is -2.40. The van der Waals surface area contributed by atoms with Crippen molar-refractivity contribution < 1.29 is 4.74 Å². The van der Waals surface area contributed by atoms with Crippen molar-refractivity contribution in [2.75, 3.05) is 14.1 Å². The van der Waals surface area contributed by atoms with E-state index in [1.54, 1.807) is 0 Å². The maximum atomic E-state index is 5.84. The van der Waals surface area contributed by atoms with E-state index in [0.29, 0.717) is 5.92 Å². The number of rotatable bonds is 1. The van der Waals surface area contributed by atoms with Gasteiger partial charge in [0.15, 0.2) is 5.56 Å². The first-order valence-corrected chi connectivity index (χ1v) is 6.01. The number of hydrogen-bond donors (Lipinski definition) is 1. The highest BCUT2D eigenvalue weighted by Gasteiger charge is 2.38. The van der Waals surface area contributed by atoms with Crippen LogP contribution >= 0.6 is 12.6 Å². The quantitative estimate of drug-likeness (QED) is 0.674. The molecule has 0 aromatic carbocycles. The zero-order chi connectivity index (χ0) is 10.1. The van der Waals surface area contributed by atoms with Gasteiger partial charge in [-0.3, -0.25) is 0 Å². The topological polar surface area (TPSA) is 15.7 Å². The molecular weight excluding hydrogens is 196 g/mol. The Bertz CT molecular complexity index is 197. The lowest BCUT2D eigenvalue weighted by atomic mass is 9.88. The third kappa shape index (κ3) is 1.94. The molecule has 0 spiro atoms. The van der Waals surface area contributed by atoms with Gasteiger partial charge in [-0.25, -0.2) is 10.0 Å². The molecule has 14 heavy (non-hydrogen) atoms. The average Bonchev–Trinajstić information content (AvgIpc) is 2.47. The van der Waals surface area contributed by atoms with E-state index in [1.165, 1.54) is 32.1 Å². The lowest BCUT2D eigenvalue weighted by Gasteiger charge is -2.31. The summed E-state index contributed by atoms with van der Waals surface area (Å²) in [5.41, 5.74) is -0.0630. The summed E-state index contributed by atoms with van der Waals surface area (Å²) in [6, 6.07) is 0. The summed E-state index contributed by atoms with van der Waals surface area (Å²) in [6.45, 7) is 0. The summed E-state index contributed by atoms with van der Waals surface area (Å²) in [6.07, 6.45) is 6.99. The molecule has 0 radical (unpaired) electrons. The highest BCUT2D eigenvalue weighted by molar-refractivity contribution is 7.80. The van der Waals surface area contributed by atoms with Crippen molar-refractivity contribution in [2.45, 2.75) is 43.9 Å². The number of hydrogen-bond acceptors (Lipinski definition) is 4. The Kier molecular flexibility index (Phi) is 3.37. The van der Waals surface area contributed by atoms with Crippen LogP contribution in [0.2, 0.25) is 0 Å². The molecule has 2 aliphatic rings. The molecule has 82 valence electrons. The summed E-state index contributed by atoms with van der Waals surface area (Å²) < 4.78 is 5.84. The van der Waals surface area contributed by atoms with Gasteiger partial charge in [-0.05, 0) is 12.8 Å². The molecule has 2 atom stereocenters. The van der Waals surface area contributed by atoms with Gasteiger partial charge in [-0.15, -0.1) is 12.6 Å². The largest absolute Gasteiger partial charge is 0.333 e. The first-order chi connectivity index (χ1) is 6.70. The van der Waals surface area contributed by atoms with Gasteiger partial charge in [-0.1, -0.05) is 19.3 Å². The van der Waals surface area contributed by atoms with Crippen LogP contribution in [0, 0.1) is 5.92 Å². The van der Waals surface area contributed by atoms with Gasteiger partial charge in [0.2, 0.25) is 0 Å². The Morgan fingerprint density at radius 2 is 1.71 bits per heavy atom. The summed E-state index contributed by atoms with van der Waals surface area (Å²) in [5, 5.41) is 4.25. The van der Waals surface area contributed by atoms with E-state index < -0.39 is 0 Å². The Balaban J connectivity index is 1.97. The van der Waals surface area contributed by atoms with Crippen LogP contribution < -0.4 is 0 Å². The van der Waals surface area contributed by atoms with E-state index in [9.17, 15) is 0 Å². The van der Waals surface area contributed by atoms with Crippen LogP contribution in [-0.4, -0.2) is 35.9 Å². The predicted octanol–water partition coefficient (Wildman–Crippen LogP) is 1.92. The van der Waals surface area contributed by atoms with Crippen LogP contribution in [-0.2, 0) is 4.74 Å². The molecule has 2 fully saturated rings. The van der Waals surface area contributed by atoms with Gasteiger partial charge in [-0.2, -0.15) is 0 Å². The van der Waals surface area contributed by atoms with E-state index in [2.05, 4.69) is 29.7 Å². The molecule has 0 aromatic heterocycles. The third-order valence-corrected chi connectivity index (χ3v) is 3.96. The highest BCUT2D eigenvalue weighted by atomic mass is 32.1. The normalized spacial score (nSPS) is 37.9. The summed E-state index contributed by atoms with van der Waals surface area (Å²) in [4.78, 5) is 0. The predicted molar refractivity (Wildman–Crippen MR) is 59.7 cm³/mol. The van der Waals surface area contributed by atoms with Gasteiger partial charge >= 0.3 is 0 Å². The molecule has 2 rings (SSSR count). The number of nitrogens with zero attached hydrogens (tertiary/aromatic N) is 2. The summed E-state index contributed by atoms with van der Waals surface area (Å²) in [5.74, 6) is 0.702. The molecule has 1 aliphatic carbocycles. The molecule has 1 aliphatic heterocycles. The minimum atomic E-state index is -0.0630. The molecule has 1 saturated carbocycles. The lowest BCUT2D eigenvalue weighted by molar-refractivity contribution is -0.0363. The molecule has 3 nitrogen and oxygen atoms in total. The maximum Gasteiger partial charge on any atom is 0.170 e. The molecule has 0 N–H and O–H groups in total. The van der Waals surface area contributed by atoms with Crippen LogP contribution in [0.1, 0.15) is 32.1 Å². The second-order valence-corrected chi connectivity index (χ2v) is 4.84. The number of hydrazine groups is 1. The zero-order valence-electron chi connectivity index (χ0n) is 9.02. The molecule has 1 saturated heterocycles. The first kappa shape index (κ1) is 10.7. The molecular formula is C10H20N2OS. The molecule has 0 aromatic rings. The molecule has 0 amide bonds. The fourth-order valence-electron chi connectivity index (χ4n) is 2.47. The Labute approximate surface area is 91.8 Å². The second kappa shape index (κ2) is 4.39. The van der Waals surface area contributed by atoms with Crippen LogP contribution in [0.5, 0.6) is 0 Å². The van der Waals surface area contributed by atoms with Crippen molar-refractivity contribution in [3.05, 3.63) is 0 Å². The van der Waals surface area contributed by atoms with Crippen molar-refractivity contribution in [1.82, 2.24) is 10.0 Å². The van der Waals surface area contributed by atoms with Crippen molar-refractivity contribution in [2.24, 2.45) is 5.92 Å². The monoisotopic (exact) mass is 216 g/mol. The minimum absolute atomic E-state index is 0.0630. The molecule has 4 heteroatoms. The third-order valence-electron chi connectivity index (χ3n) is 3.50. The highest BCUT2D eigenvalue weighted by Crippen LogP contribution is 2.34. The zero-order valence-corrected chi connectivity index (χ0v) is 9.91. The maximum absolute atomic E-state index is 5.84. The SMILES string of the molecule is CN1C(S)OC(C2CCCCC2)N1C. The Morgan fingerprint density at radius 3 is 2.21 bits per heavy atom. The molecule has 2 unspecified atom stereocenters. The van der Waals surface area contributed by atoms with Gasteiger partial charge in [0, 0.05) is 20.0 Å². The summed E-state index contributed by atoms with van der Waals surface area (Å²) >= 11 is 4.39.